The number of hydrogen-bond acceptors (Lipinski definition) is 4. The number of amides is 1. The summed E-state index contributed by atoms with van der Waals surface area (Å²) in [6.45, 7) is 1.31. The number of nitrogens with one attached hydrogen (secondary N) is 1. The molecule has 0 atom stereocenters. The SMILES string of the molecule is NC1CCN(NC(=O)COc2ccc(F)c(Cl)c2)CC1. The Morgan fingerprint density at radius 1 is 1.50 bits per heavy atom. The number of nitrogens with two attached hydrogens (primary N) is 1. The van der Waals surface area contributed by atoms with Gasteiger partial charge in [-0.2, -0.15) is 0 Å². The number of rotatable bonds is 4. The Labute approximate surface area is 121 Å². The Kier molecular flexibility index (Phi) is 5.17. The number of nitrogens with zero attached hydrogens (tertiary/aromatic N) is 1. The lowest BCUT2D eigenvalue weighted by Crippen LogP contribution is -2.50. The van der Waals surface area contributed by atoms with Gasteiger partial charge in [0.2, 0.25) is 0 Å². The van der Waals surface area contributed by atoms with Crippen molar-refractivity contribution in [3.05, 3.63) is 29.0 Å². The predicted octanol–water partition coefficient (Wildman–Crippen LogP) is 1.31. The van der Waals surface area contributed by atoms with Crippen molar-refractivity contribution in [3.8, 4) is 5.75 Å². The monoisotopic (exact) mass is 301 g/mol. The number of hydrogen-bond donors (Lipinski definition) is 2. The van der Waals surface area contributed by atoms with E-state index >= 15 is 0 Å². The summed E-state index contributed by atoms with van der Waals surface area (Å²) in [6.07, 6.45) is 1.71. The molecule has 0 aliphatic carbocycles. The van der Waals surface area contributed by atoms with Gasteiger partial charge >= 0.3 is 0 Å². The van der Waals surface area contributed by atoms with Crippen LogP contribution in [-0.2, 0) is 4.79 Å². The maximum Gasteiger partial charge on any atom is 0.272 e. The van der Waals surface area contributed by atoms with Gasteiger partial charge in [0.1, 0.15) is 11.6 Å². The van der Waals surface area contributed by atoms with Crippen molar-refractivity contribution in [1.29, 1.82) is 0 Å². The first kappa shape index (κ1) is 15.0. The Morgan fingerprint density at radius 2 is 2.20 bits per heavy atom. The molecule has 0 bridgehead atoms. The van der Waals surface area contributed by atoms with Crippen molar-refractivity contribution in [1.82, 2.24) is 10.4 Å². The Morgan fingerprint density at radius 3 is 2.85 bits per heavy atom. The van der Waals surface area contributed by atoms with Gasteiger partial charge in [-0.3, -0.25) is 10.2 Å². The summed E-state index contributed by atoms with van der Waals surface area (Å²) in [7, 11) is 0. The molecule has 0 aromatic heterocycles. The molecule has 1 fully saturated rings. The number of ether oxygens (including phenoxy) is 1. The average Bonchev–Trinajstić information content (AvgIpc) is 2.43. The van der Waals surface area contributed by atoms with Crippen LogP contribution in [0.4, 0.5) is 4.39 Å². The smallest absolute Gasteiger partial charge is 0.272 e. The van der Waals surface area contributed by atoms with E-state index in [0.717, 1.165) is 25.9 Å². The molecule has 3 N–H and O–H groups in total. The van der Waals surface area contributed by atoms with Gasteiger partial charge in [-0.05, 0) is 25.0 Å². The summed E-state index contributed by atoms with van der Waals surface area (Å²) in [5.74, 6) is -0.429. The van der Waals surface area contributed by atoms with E-state index in [0.29, 0.717) is 5.75 Å². The highest BCUT2D eigenvalue weighted by Crippen LogP contribution is 2.20. The Balaban J connectivity index is 1.76. The number of carbonyl (C=O) groups is 1. The highest BCUT2D eigenvalue weighted by atomic mass is 35.5. The molecule has 1 aromatic carbocycles. The molecule has 1 saturated heterocycles. The predicted molar refractivity (Wildman–Crippen MR) is 73.8 cm³/mol. The third-order valence-corrected chi connectivity index (χ3v) is 3.37. The van der Waals surface area contributed by atoms with Crippen LogP contribution >= 0.6 is 11.6 Å². The fraction of sp³-hybridized carbons (Fsp3) is 0.462. The second-order valence-electron chi connectivity index (χ2n) is 4.72. The van der Waals surface area contributed by atoms with Crippen LogP contribution in [0.3, 0.4) is 0 Å². The number of halogens is 2. The van der Waals surface area contributed by atoms with Crippen LogP contribution in [-0.4, -0.2) is 36.7 Å². The van der Waals surface area contributed by atoms with Crippen molar-refractivity contribution >= 4 is 17.5 Å². The van der Waals surface area contributed by atoms with Crippen LogP contribution in [0.25, 0.3) is 0 Å². The zero-order valence-electron chi connectivity index (χ0n) is 10.9. The lowest BCUT2D eigenvalue weighted by atomic mass is 10.1. The molecule has 1 aliphatic heterocycles. The standard InChI is InChI=1S/C13H17ClFN3O2/c14-11-7-10(1-2-12(11)15)20-8-13(19)17-18-5-3-9(16)4-6-18/h1-2,7,9H,3-6,8,16H2,(H,17,19). The third-order valence-electron chi connectivity index (χ3n) is 3.08. The van der Waals surface area contributed by atoms with Gasteiger partial charge in [-0.1, -0.05) is 11.6 Å². The molecule has 1 aromatic rings. The van der Waals surface area contributed by atoms with Crippen molar-refractivity contribution in [2.75, 3.05) is 19.7 Å². The third kappa shape index (κ3) is 4.33. The fourth-order valence-electron chi connectivity index (χ4n) is 1.94. The summed E-state index contributed by atoms with van der Waals surface area (Å²) >= 11 is 5.62. The van der Waals surface area contributed by atoms with Crippen molar-refractivity contribution < 1.29 is 13.9 Å². The Hall–Kier alpha value is -1.37. The maximum atomic E-state index is 13.0. The first-order chi connectivity index (χ1) is 9.54. The lowest BCUT2D eigenvalue weighted by Gasteiger charge is -2.30. The summed E-state index contributed by atoms with van der Waals surface area (Å²) < 4.78 is 18.2. The van der Waals surface area contributed by atoms with Crippen LogP contribution in [0.1, 0.15) is 12.8 Å². The van der Waals surface area contributed by atoms with E-state index in [1.165, 1.54) is 18.2 Å². The normalized spacial score (nSPS) is 16.9. The van der Waals surface area contributed by atoms with Gasteiger partial charge in [0, 0.05) is 25.2 Å². The molecule has 0 radical (unpaired) electrons. The summed E-state index contributed by atoms with van der Waals surface area (Å²) in [4.78, 5) is 11.7. The summed E-state index contributed by atoms with van der Waals surface area (Å²) in [6, 6.07) is 4.17. The minimum atomic E-state index is -0.520. The van der Waals surface area contributed by atoms with Gasteiger partial charge in [0.15, 0.2) is 6.61 Å². The minimum Gasteiger partial charge on any atom is -0.484 e. The molecular weight excluding hydrogens is 285 g/mol. The molecule has 20 heavy (non-hydrogen) atoms. The molecule has 1 heterocycles. The van der Waals surface area contributed by atoms with Crippen LogP contribution in [0, 0.1) is 5.82 Å². The Bertz CT molecular complexity index is 479. The van der Waals surface area contributed by atoms with Gasteiger partial charge in [-0.15, -0.1) is 0 Å². The van der Waals surface area contributed by atoms with Gasteiger partial charge in [0.05, 0.1) is 5.02 Å². The van der Waals surface area contributed by atoms with E-state index in [-0.39, 0.29) is 23.6 Å². The van der Waals surface area contributed by atoms with Crippen molar-refractivity contribution in [2.24, 2.45) is 5.73 Å². The highest BCUT2D eigenvalue weighted by molar-refractivity contribution is 6.30. The number of hydrazine groups is 1. The van der Waals surface area contributed by atoms with Crippen LogP contribution in [0.2, 0.25) is 5.02 Å². The maximum absolute atomic E-state index is 13.0. The zero-order chi connectivity index (χ0) is 14.5. The molecule has 1 aliphatic rings. The van der Waals surface area contributed by atoms with E-state index in [1.54, 1.807) is 0 Å². The second kappa shape index (κ2) is 6.88. The quantitative estimate of drug-likeness (QED) is 0.880. The van der Waals surface area contributed by atoms with Crippen molar-refractivity contribution in [2.45, 2.75) is 18.9 Å². The fourth-order valence-corrected chi connectivity index (χ4v) is 2.11. The van der Waals surface area contributed by atoms with Crippen LogP contribution < -0.4 is 15.9 Å². The first-order valence-corrected chi connectivity index (χ1v) is 6.80. The molecule has 0 unspecified atom stereocenters. The highest BCUT2D eigenvalue weighted by Gasteiger charge is 2.17. The number of benzene rings is 1. The molecule has 7 heteroatoms. The topological polar surface area (TPSA) is 67.6 Å². The van der Waals surface area contributed by atoms with Crippen LogP contribution in [0.5, 0.6) is 5.75 Å². The van der Waals surface area contributed by atoms with E-state index in [9.17, 15) is 9.18 Å². The van der Waals surface area contributed by atoms with E-state index < -0.39 is 5.82 Å². The largest absolute Gasteiger partial charge is 0.484 e. The summed E-state index contributed by atoms with van der Waals surface area (Å²) in [5.41, 5.74) is 8.52. The average molecular weight is 302 g/mol. The lowest BCUT2D eigenvalue weighted by molar-refractivity contribution is -0.128. The molecule has 2 rings (SSSR count). The van der Waals surface area contributed by atoms with E-state index in [4.69, 9.17) is 22.1 Å². The zero-order valence-corrected chi connectivity index (χ0v) is 11.7. The van der Waals surface area contributed by atoms with E-state index in [2.05, 4.69) is 5.43 Å². The summed E-state index contributed by atoms with van der Waals surface area (Å²) in [5, 5.41) is 1.79. The second-order valence-corrected chi connectivity index (χ2v) is 5.13. The number of piperidine rings is 1. The molecule has 1 amide bonds. The van der Waals surface area contributed by atoms with E-state index in [1.807, 2.05) is 5.01 Å². The van der Waals surface area contributed by atoms with Crippen molar-refractivity contribution in [3.63, 3.8) is 0 Å². The molecule has 0 saturated carbocycles. The first-order valence-electron chi connectivity index (χ1n) is 6.42. The van der Waals surface area contributed by atoms with Gasteiger partial charge < -0.3 is 10.5 Å². The molecule has 5 nitrogen and oxygen atoms in total. The minimum absolute atomic E-state index is 0.0343. The molecule has 110 valence electrons. The molecular formula is C13H17ClFN3O2. The molecule has 0 spiro atoms. The van der Waals surface area contributed by atoms with Gasteiger partial charge in [0.25, 0.3) is 5.91 Å². The van der Waals surface area contributed by atoms with Crippen LogP contribution in [0.15, 0.2) is 18.2 Å². The number of carbonyl (C=O) groups excluding carboxylic acids is 1. The van der Waals surface area contributed by atoms with Gasteiger partial charge in [-0.25, -0.2) is 9.40 Å².